The number of carbonyl (C=O) groups excluding carboxylic acids is 1. The van der Waals surface area contributed by atoms with E-state index in [-0.39, 0.29) is 12.1 Å². The lowest BCUT2D eigenvalue weighted by Crippen LogP contribution is -2.23. The molecular formula is C15H11BrF3NO. The molecule has 0 saturated heterocycles. The molecule has 0 fully saturated rings. The summed E-state index contributed by atoms with van der Waals surface area (Å²) in [5, 5.41) is 2.60. The average molecular weight is 358 g/mol. The van der Waals surface area contributed by atoms with Crippen LogP contribution in [0, 0.1) is 0 Å². The summed E-state index contributed by atoms with van der Waals surface area (Å²) in [6, 6.07) is 12.1. The van der Waals surface area contributed by atoms with Crippen molar-refractivity contribution in [2.24, 2.45) is 0 Å². The molecule has 0 atom stereocenters. The highest BCUT2D eigenvalue weighted by atomic mass is 79.9. The molecule has 0 unspecified atom stereocenters. The number of benzene rings is 2. The van der Waals surface area contributed by atoms with Crippen LogP contribution in [0.5, 0.6) is 0 Å². The maximum atomic E-state index is 12.7. The van der Waals surface area contributed by atoms with Crippen LogP contribution < -0.4 is 5.32 Å². The van der Waals surface area contributed by atoms with Gasteiger partial charge in [0.1, 0.15) is 0 Å². The quantitative estimate of drug-likeness (QED) is 0.866. The summed E-state index contributed by atoms with van der Waals surface area (Å²) >= 11 is 3.10. The third-order valence-corrected chi connectivity index (χ3v) is 3.53. The van der Waals surface area contributed by atoms with Gasteiger partial charge >= 0.3 is 6.18 Å². The SMILES string of the molecule is O=C(NCc1ccccc1)c1cc(C(F)(F)F)ccc1Br. The van der Waals surface area contributed by atoms with Crippen molar-refractivity contribution in [1.29, 1.82) is 0 Å². The summed E-state index contributed by atoms with van der Waals surface area (Å²) in [6.07, 6.45) is -4.48. The van der Waals surface area contributed by atoms with E-state index in [9.17, 15) is 18.0 Å². The molecule has 110 valence electrons. The number of hydrogen-bond acceptors (Lipinski definition) is 1. The van der Waals surface area contributed by atoms with Gasteiger partial charge in [0, 0.05) is 11.0 Å². The molecule has 0 radical (unpaired) electrons. The molecule has 0 spiro atoms. The van der Waals surface area contributed by atoms with E-state index in [0.717, 1.165) is 17.7 Å². The van der Waals surface area contributed by atoms with Crippen molar-refractivity contribution in [3.8, 4) is 0 Å². The molecule has 0 aliphatic rings. The molecule has 6 heteroatoms. The molecule has 0 heterocycles. The molecule has 1 amide bonds. The van der Waals surface area contributed by atoms with Crippen molar-refractivity contribution in [1.82, 2.24) is 5.32 Å². The van der Waals surface area contributed by atoms with Gasteiger partial charge in [-0.3, -0.25) is 4.79 Å². The normalized spacial score (nSPS) is 11.2. The van der Waals surface area contributed by atoms with Crippen LogP contribution >= 0.6 is 15.9 Å². The van der Waals surface area contributed by atoms with Gasteiger partial charge < -0.3 is 5.32 Å². The maximum Gasteiger partial charge on any atom is 0.416 e. The minimum Gasteiger partial charge on any atom is -0.348 e. The van der Waals surface area contributed by atoms with Gasteiger partial charge in [-0.25, -0.2) is 0 Å². The summed E-state index contributed by atoms with van der Waals surface area (Å²) in [7, 11) is 0. The first-order valence-corrected chi connectivity index (χ1v) is 6.86. The minimum absolute atomic E-state index is 0.0410. The van der Waals surface area contributed by atoms with E-state index < -0.39 is 17.6 Å². The molecular weight excluding hydrogens is 347 g/mol. The highest BCUT2D eigenvalue weighted by molar-refractivity contribution is 9.10. The second kappa shape index (κ2) is 6.30. The van der Waals surface area contributed by atoms with Gasteiger partial charge in [0.25, 0.3) is 5.91 Å². The second-order valence-corrected chi connectivity index (χ2v) is 5.21. The number of halogens is 4. The molecule has 21 heavy (non-hydrogen) atoms. The first kappa shape index (κ1) is 15.6. The Balaban J connectivity index is 2.15. The maximum absolute atomic E-state index is 12.7. The first-order valence-electron chi connectivity index (χ1n) is 6.07. The molecule has 0 bridgehead atoms. The standard InChI is InChI=1S/C15H11BrF3NO/c16-13-7-6-11(15(17,18)19)8-12(13)14(21)20-9-10-4-2-1-3-5-10/h1-8H,9H2,(H,20,21). The molecule has 2 nitrogen and oxygen atoms in total. The largest absolute Gasteiger partial charge is 0.416 e. The van der Waals surface area contributed by atoms with E-state index in [0.29, 0.717) is 4.47 Å². The number of rotatable bonds is 3. The van der Waals surface area contributed by atoms with Crippen LogP contribution in [0.4, 0.5) is 13.2 Å². The van der Waals surface area contributed by atoms with Crippen LogP contribution in [-0.4, -0.2) is 5.91 Å². The van der Waals surface area contributed by atoms with Crippen LogP contribution in [0.15, 0.2) is 53.0 Å². The van der Waals surface area contributed by atoms with E-state index >= 15 is 0 Å². The van der Waals surface area contributed by atoms with Crippen molar-refractivity contribution in [2.75, 3.05) is 0 Å². The van der Waals surface area contributed by atoms with E-state index in [1.54, 1.807) is 0 Å². The van der Waals surface area contributed by atoms with Gasteiger partial charge in [0.2, 0.25) is 0 Å². The number of nitrogens with one attached hydrogen (secondary N) is 1. The van der Waals surface area contributed by atoms with Gasteiger partial charge in [0.05, 0.1) is 11.1 Å². The molecule has 1 N–H and O–H groups in total. The molecule has 0 aliphatic heterocycles. The minimum atomic E-state index is -4.48. The molecule has 0 aromatic heterocycles. The number of hydrogen-bond donors (Lipinski definition) is 1. The van der Waals surface area contributed by atoms with Gasteiger partial charge in [0.15, 0.2) is 0 Å². The fraction of sp³-hybridized carbons (Fsp3) is 0.133. The Hall–Kier alpha value is -1.82. The molecule has 2 aromatic carbocycles. The Morgan fingerprint density at radius 2 is 1.76 bits per heavy atom. The van der Waals surface area contributed by atoms with Gasteiger partial charge in [-0.05, 0) is 39.7 Å². The number of alkyl halides is 3. The topological polar surface area (TPSA) is 29.1 Å². The van der Waals surface area contributed by atoms with E-state index in [2.05, 4.69) is 21.2 Å². The Labute approximate surface area is 128 Å². The van der Waals surface area contributed by atoms with Gasteiger partial charge in [-0.15, -0.1) is 0 Å². The lowest BCUT2D eigenvalue weighted by Gasteiger charge is -2.11. The van der Waals surface area contributed by atoms with Crippen LogP contribution in [0.3, 0.4) is 0 Å². The van der Waals surface area contributed by atoms with Gasteiger partial charge in [-0.1, -0.05) is 30.3 Å². The van der Waals surface area contributed by atoms with E-state index in [1.165, 1.54) is 6.07 Å². The van der Waals surface area contributed by atoms with Crippen molar-refractivity contribution in [2.45, 2.75) is 12.7 Å². The predicted octanol–water partition coefficient (Wildman–Crippen LogP) is 4.40. The fourth-order valence-corrected chi connectivity index (χ4v) is 2.18. The summed E-state index contributed by atoms with van der Waals surface area (Å²) < 4.78 is 38.3. The van der Waals surface area contributed by atoms with Crippen molar-refractivity contribution in [3.05, 3.63) is 69.7 Å². The average Bonchev–Trinajstić information content (AvgIpc) is 2.45. The third kappa shape index (κ3) is 4.07. The zero-order valence-electron chi connectivity index (χ0n) is 10.7. The third-order valence-electron chi connectivity index (χ3n) is 2.83. The van der Waals surface area contributed by atoms with Gasteiger partial charge in [-0.2, -0.15) is 13.2 Å². The molecule has 2 aromatic rings. The fourth-order valence-electron chi connectivity index (χ4n) is 1.75. The highest BCUT2D eigenvalue weighted by Crippen LogP contribution is 2.31. The van der Waals surface area contributed by atoms with Crippen LogP contribution in [-0.2, 0) is 12.7 Å². The Morgan fingerprint density at radius 1 is 1.10 bits per heavy atom. The van der Waals surface area contributed by atoms with Crippen LogP contribution in [0.1, 0.15) is 21.5 Å². The highest BCUT2D eigenvalue weighted by Gasteiger charge is 2.31. The monoisotopic (exact) mass is 357 g/mol. The summed E-state index contributed by atoms with van der Waals surface area (Å²) in [4.78, 5) is 12.0. The van der Waals surface area contributed by atoms with E-state index in [4.69, 9.17) is 0 Å². The second-order valence-electron chi connectivity index (χ2n) is 4.36. The number of amides is 1. The molecule has 0 saturated carbocycles. The van der Waals surface area contributed by atoms with Crippen molar-refractivity contribution >= 4 is 21.8 Å². The lowest BCUT2D eigenvalue weighted by atomic mass is 10.1. The zero-order valence-corrected chi connectivity index (χ0v) is 12.3. The van der Waals surface area contributed by atoms with Crippen molar-refractivity contribution in [3.63, 3.8) is 0 Å². The predicted molar refractivity (Wildman–Crippen MR) is 76.8 cm³/mol. The summed E-state index contributed by atoms with van der Waals surface area (Å²) in [5.41, 5.74) is -0.0229. The van der Waals surface area contributed by atoms with E-state index in [1.807, 2.05) is 30.3 Å². The first-order chi connectivity index (χ1) is 9.88. The number of carbonyl (C=O) groups is 1. The summed E-state index contributed by atoms with van der Waals surface area (Å²) in [6.45, 7) is 0.252. The Morgan fingerprint density at radius 3 is 2.38 bits per heavy atom. The van der Waals surface area contributed by atoms with Crippen molar-refractivity contribution < 1.29 is 18.0 Å². The Bertz CT molecular complexity index is 641. The summed E-state index contributed by atoms with van der Waals surface area (Å²) in [5.74, 6) is -0.558. The smallest absolute Gasteiger partial charge is 0.348 e. The zero-order chi connectivity index (χ0) is 15.5. The lowest BCUT2D eigenvalue weighted by molar-refractivity contribution is -0.137. The van der Waals surface area contributed by atoms with Crippen LogP contribution in [0.2, 0.25) is 0 Å². The molecule has 0 aliphatic carbocycles. The molecule has 2 rings (SSSR count). The Kier molecular flexibility index (Phi) is 4.67. The van der Waals surface area contributed by atoms with Crippen LogP contribution in [0.25, 0.3) is 0 Å².